The molecule has 6 N–H and O–H groups in total. The van der Waals surface area contributed by atoms with Gasteiger partial charge in [-0.3, -0.25) is 28.2 Å². The third-order valence-electron chi connectivity index (χ3n) is 10.0. The molecule has 0 amide bonds. The first-order valence-electron chi connectivity index (χ1n) is 22.7. The third kappa shape index (κ3) is 30.9. The van der Waals surface area contributed by atoms with Crippen molar-refractivity contribution >= 4 is 31.5 Å². The number of carbonyl (C=O) groups is 4. The summed E-state index contributed by atoms with van der Waals surface area (Å²) in [6.45, 7) is 2.26. The quantitative estimate of drug-likeness (QED) is 0.0170. The predicted octanol–water partition coefficient (Wildman–Crippen LogP) is 8.87. The molecule has 0 aromatic carbocycles. The van der Waals surface area contributed by atoms with Crippen molar-refractivity contribution in [1.29, 1.82) is 0 Å². The number of aliphatic hydroxyl groups excluding tert-OH is 2. The number of phosphoric acid groups is 1. The number of esters is 2. The summed E-state index contributed by atoms with van der Waals surface area (Å²) in [6.07, 6.45) is 38.7. The number of carboxylic acids is 1. The van der Waals surface area contributed by atoms with Crippen LogP contribution in [0.3, 0.4) is 0 Å². The minimum absolute atomic E-state index is 0.0181. The smallest absolute Gasteiger partial charge is 0.472 e. The molecule has 0 heterocycles. The molecule has 0 spiro atoms. The van der Waals surface area contributed by atoms with Crippen molar-refractivity contribution in [2.24, 2.45) is 17.6 Å². The monoisotopic (exact) mass is 906 g/mol. The lowest BCUT2D eigenvalue weighted by molar-refractivity contribution is -0.161. The Labute approximate surface area is 375 Å². The maximum atomic E-state index is 12.7. The summed E-state index contributed by atoms with van der Waals surface area (Å²) in [5.41, 5.74) is 5.33. The normalized spacial score (nSPS) is 19.7. The van der Waals surface area contributed by atoms with E-state index in [0.717, 1.165) is 70.6 Å². The molecule has 0 aromatic rings. The van der Waals surface area contributed by atoms with Gasteiger partial charge in [-0.1, -0.05) is 125 Å². The number of hydrogen-bond donors (Lipinski definition) is 5. The molecular formula is C48H76NO13P. The molecule has 0 aliphatic heterocycles. The average molecular weight is 906 g/mol. The van der Waals surface area contributed by atoms with Gasteiger partial charge in [0.15, 0.2) is 6.10 Å². The molecule has 0 radical (unpaired) electrons. The van der Waals surface area contributed by atoms with Crippen LogP contribution < -0.4 is 5.73 Å². The zero-order valence-corrected chi connectivity index (χ0v) is 38.5. The van der Waals surface area contributed by atoms with Gasteiger partial charge in [0.05, 0.1) is 25.4 Å². The van der Waals surface area contributed by atoms with E-state index in [0.29, 0.717) is 32.1 Å². The van der Waals surface area contributed by atoms with Gasteiger partial charge in [0, 0.05) is 31.1 Å². The molecule has 356 valence electrons. The maximum absolute atomic E-state index is 12.7. The third-order valence-corrected chi connectivity index (χ3v) is 11.0. The van der Waals surface area contributed by atoms with Gasteiger partial charge in [0.1, 0.15) is 18.4 Å². The Morgan fingerprint density at radius 1 is 0.762 bits per heavy atom. The second-order valence-electron chi connectivity index (χ2n) is 15.6. The summed E-state index contributed by atoms with van der Waals surface area (Å²) >= 11 is 0. The van der Waals surface area contributed by atoms with Crippen LogP contribution in [-0.2, 0) is 42.3 Å². The molecular weight excluding hydrogens is 829 g/mol. The first-order valence-corrected chi connectivity index (χ1v) is 24.2. The van der Waals surface area contributed by atoms with E-state index in [9.17, 15) is 38.8 Å². The average Bonchev–Trinajstić information content (AvgIpc) is 3.52. The van der Waals surface area contributed by atoms with Crippen molar-refractivity contribution in [2.75, 3.05) is 19.8 Å². The van der Waals surface area contributed by atoms with Crippen LogP contribution in [0.4, 0.5) is 0 Å². The van der Waals surface area contributed by atoms with Gasteiger partial charge in [-0.15, -0.1) is 0 Å². The minimum Gasteiger partial charge on any atom is -0.480 e. The maximum Gasteiger partial charge on any atom is 0.472 e. The van der Waals surface area contributed by atoms with E-state index in [1.54, 1.807) is 12.2 Å². The molecule has 1 aliphatic rings. The second kappa shape index (κ2) is 36.6. The number of ether oxygens (including phenoxy) is 2. The number of unbranched alkanes of at least 4 members (excludes halogenated alkanes) is 6. The van der Waals surface area contributed by atoms with Crippen LogP contribution in [0.15, 0.2) is 85.1 Å². The van der Waals surface area contributed by atoms with E-state index < -0.39 is 75.8 Å². The highest BCUT2D eigenvalue weighted by molar-refractivity contribution is 7.47. The molecule has 0 aromatic heterocycles. The fourth-order valence-corrected chi connectivity index (χ4v) is 7.14. The van der Waals surface area contributed by atoms with Gasteiger partial charge in [0.2, 0.25) is 0 Å². The Kier molecular flexibility index (Phi) is 33.2. The zero-order valence-electron chi connectivity index (χ0n) is 37.6. The van der Waals surface area contributed by atoms with Gasteiger partial charge in [-0.2, -0.15) is 0 Å². The van der Waals surface area contributed by atoms with Crippen LogP contribution in [0.2, 0.25) is 0 Å². The molecule has 1 saturated carbocycles. The van der Waals surface area contributed by atoms with E-state index in [4.69, 9.17) is 24.8 Å². The van der Waals surface area contributed by atoms with E-state index in [-0.39, 0.29) is 31.0 Å². The number of aliphatic carboxylic acids is 1. The van der Waals surface area contributed by atoms with Crippen LogP contribution in [-0.4, -0.2) is 88.1 Å². The Hall–Kier alpha value is -3.75. The highest BCUT2D eigenvalue weighted by Crippen LogP contribution is 2.43. The number of ketones is 1. The van der Waals surface area contributed by atoms with E-state index >= 15 is 0 Å². The van der Waals surface area contributed by atoms with Crippen LogP contribution >= 0.6 is 7.82 Å². The van der Waals surface area contributed by atoms with Crippen molar-refractivity contribution in [3.05, 3.63) is 85.1 Å². The van der Waals surface area contributed by atoms with Gasteiger partial charge in [-0.05, 0) is 77.0 Å². The number of hydrogen-bond acceptors (Lipinski definition) is 12. The largest absolute Gasteiger partial charge is 0.480 e. The predicted molar refractivity (Wildman–Crippen MR) is 245 cm³/mol. The van der Waals surface area contributed by atoms with Crippen molar-refractivity contribution in [1.82, 2.24) is 0 Å². The van der Waals surface area contributed by atoms with Crippen LogP contribution in [0.1, 0.15) is 136 Å². The summed E-state index contributed by atoms with van der Waals surface area (Å²) < 4.78 is 32.6. The number of aliphatic hydroxyl groups is 2. The van der Waals surface area contributed by atoms with E-state index in [1.165, 1.54) is 0 Å². The topological polar surface area (TPSA) is 229 Å². The van der Waals surface area contributed by atoms with Crippen LogP contribution in [0, 0.1) is 11.8 Å². The number of rotatable bonds is 37. The molecule has 0 saturated heterocycles. The minimum atomic E-state index is -4.80. The Morgan fingerprint density at radius 3 is 1.98 bits per heavy atom. The highest BCUT2D eigenvalue weighted by atomic mass is 31.2. The number of carbonyl (C=O) groups excluding carboxylic acids is 3. The van der Waals surface area contributed by atoms with Crippen molar-refractivity contribution in [2.45, 2.75) is 160 Å². The first-order chi connectivity index (χ1) is 30.3. The van der Waals surface area contributed by atoms with Gasteiger partial charge >= 0.3 is 25.7 Å². The van der Waals surface area contributed by atoms with Gasteiger partial charge in [-0.25, -0.2) is 4.57 Å². The summed E-state index contributed by atoms with van der Waals surface area (Å²) in [6, 6.07) is -1.57. The van der Waals surface area contributed by atoms with Crippen molar-refractivity contribution in [3.63, 3.8) is 0 Å². The molecule has 1 fully saturated rings. The fraction of sp³-hybridized carbons (Fsp3) is 0.625. The lowest BCUT2D eigenvalue weighted by Crippen LogP contribution is -2.34. The Balaban J connectivity index is 2.51. The van der Waals surface area contributed by atoms with E-state index in [1.807, 2.05) is 12.2 Å². The first kappa shape index (κ1) is 57.3. The number of carboxylic acid groups (broad SMARTS) is 1. The standard InChI is InChI=1S/C48H76NO13P/c1-3-5-7-8-9-10-11-12-13-14-15-16-17-18-19-20-21-22-28-32-47(54)62-40(37-60-63(57,58)61-38-43(49)48(55)56)36-59-46(53)31-27-24-23-26-30-41-42(45(52)35-44(41)51)34-33-39(50)29-25-6-4-2/h5,7,9-10,12-13,15-16,18-19,23,26,33-34,39-44,50-51H,3-4,6,8,11,14,17,20-22,24-25,27-32,35-38,49H2,1-2H3,(H,55,56)(H,57,58)/b7-5-,10-9-,13-12-,16-15-,19-18-,26-23-,34-33+/t39-,40+,41+,42+,43-,44-/m0/s1. The summed E-state index contributed by atoms with van der Waals surface area (Å²) in [5.74, 6) is -3.49. The van der Waals surface area contributed by atoms with Crippen molar-refractivity contribution in [3.8, 4) is 0 Å². The SMILES string of the molecule is CC/C=C\C/C=C\C/C=C\C/C=C\C/C=C\CCCCCC(=O)O[C@H](COC(=O)CCC/C=C\C[C@H]1[C@@H](O)CC(=O)[C@@H]1/C=C/[C@@H](O)CCCCC)COP(=O)(O)OC[C@H](N)C(=O)O. The zero-order chi connectivity index (χ0) is 46.6. The van der Waals surface area contributed by atoms with E-state index in [2.05, 4.69) is 79.1 Å². The number of Topliss-reactive ketones (excluding diaryl/α,β-unsaturated/α-hetero) is 1. The summed E-state index contributed by atoms with van der Waals surface area (Å²) in [5, 5.41) is 29.6. The molecule has 63 heavy (non-hydrogen) atoms. The fourth-order valence-electron chi connectivity index (χ4n) is 6.36. The van der Waals surface area contributed by atoms with Crippen LogP contribution in [0.5, 0.6) is 0 Å². The highest BCUT2D eigenvalue weighted by Gasteiger charge is 2.39. The molecule has 1 rings (SSSR count). The molecule has 1 aliphatic carbocycles. The Morgan fingerprint density at radius 2 is 1.35 bits per heavy atom. The molecule has 15 heteroatoms. The lowest BCUT2D eigenvalue weighted by atomic mass is 9.90. The second-order valence-corrected chi connectivity index (χ2v) is 17.0. The van der Waals surface area contributed by atoms with Crippen molar-refractivity contribution < 1.29 is 62.5 Å². The molecule has 1 unspecified atom stereocenters. The Bertz CT molecular complexity index is 1550. The summed E-state index contributed by atoms with van der Waals surface area (Å²) in [4.78, 5) is 58.7. The molecule has 14 nitrogen and oxygen atoms in total. The molecule has 7 atom stereocenters. The van der Waals surface area contributed by atoms with Gasteiger partial charge in [0.25, 0.3) is 0 Å². The number of allylic oxidation sites excluding steroid dienone is 13. The summed E-state index contributed by atoms with van der Waals surface area (Å²) in [7, 11) is -4.80. The number of phosphoric ester groups is 1. The molecule has 0 bridgehead atoms. The lowest BCUT2D eigenvalue weighted by Gasteiger charge is -2.20. The number of nitrogens with two attached hydrogens (primary N) is 1. The van der Waals surface area contributed by atoms with Crippen LogP contribution in [0.25, 0.3) is 0 Å². The van der Waals surface area contributed by atoms with Gasteiger partial charge < -0.3 is 35.4 Å².